The second-order valence-corrected chi connectivity index (χ2v) is 6.30. The van der Waals surface area contributed by atoms with Gasteiger partial charge in [0.2, 0.25) is 0 Å². The Kier molecular flexibility index (Phi) is 4.04. The molecule has 0 radical (unpaired) electrons. The minimum atomic E-state index is 0.191. The van der Waals surface area contributed by atoms with E-state index in [2.05, 4.69) is 28.1 Å². The van der Waals surface area contributed by atoms with Crippen LogP contribution >= 0.6 is 0 Å². The highest BCUT2D eigenvalue weighted by atomic mass is 16.5. The number of ether oxygens (including phenoxy) is 1. The summed E-state index contributed by atoms with van der Waals surface area (Å²) in [6.45, 7) is 4.86. The molecule has 2 N–H and O–H groups in total. The first-order valence-corrected chi connectivity index (χ1v) is 8.00. The molecule has 4 heteroatoms. The van der Waals surface area contributed by atoms with Crippen LogP contribution in [0.3, 0.4) is 0 Å². The summed E-state index contributed by atoms with van der Waals surface area (Å²) in [7, 11) is 0. The predicted octanol–water partition coefficient (Wildman–Crippen LogP) is 3.09. The van der Waals surface area contributed by atoms with E-state index < -0.39 is 0 Å². The molecule has 114 valence electrons. The molecule has 0 spiro atoms. The molecule has 0 aromatic heterocycles. The summed E-state index contributed by atoms with van der Waals surface area (Å²) in [5.41, 5.74) is 7.40. The van der Waals surface area contributed by atoms with Gasteiger partial charge in [0.15, 0.2) is 5.96 Å². The lowest BCUT2D eigenvalue weighted by molar-refractivity contribution is 0.239. The van der Waals surface area contributed by atoms with Crippen LogP contribution in [-0.2, 0) is 0 Å². The molecule has 1 aliphatic heterocycles. The maximum absolute atomic E-state index is 6.15. The van der Waals surface area contributed by atoms with E-state index in [1.54, 1.807) is 0 Å². The van der Waals surface area contributed by atoms with Crippen molar-refractivity contribution < 1.29 is 4.74 Å². The van der Waals surface area contributed by atoms with Gasteiger partial charge in [0, 0.05) is 6.04 Å². The van der Waals surface area contributed by atoms with Crippen LogP contribution in [0.5, 0.6) is 5.75 Å². The van der Waals surface area contributed by atoms with E-state index in [9.17, 15) is 0 Å². The van der Waals surface area contributed by atoms with Crippen LogP contribution in [-0.4, -0.2) is 29.6 Å². The molecule has 1 aromatic carbocycles. The normalized spacial score (nSPS) is 22.9. The van der Waals surface area contributed by atoms with E-state index in [1.165, 1.54) is 31.2 Å². The van der Waals surface area contributed by atoms with Gasteiger partial charge in [-0.05, 0) is 44.4 Å². The van der Waals surface area contributed by atoms with Crippen molar-refractivity contribution in [2.75, 3.05) is 6.54 Å². The Hall–Kier alpha value is -1.71. The van der Waals surface area contributed by atoms with Gasteiger partial charge in [-0.2, -0.15) is 0 Å². The topological polar surface area (TPSA) is 50.9 Å². The first-order valence-electron chi connectivity index (χ1n) is 8.00. The SMILES string of the molecule is CC(C)Oc1cccc(C2CN=C(N)N2C2CCCC2)c1. The van der Waals surface area contributed by atoms with Crippen LogP contribution in [0.2, 0.25) is 0 Å². The standard InChI is InChI=1S/C17H25N3O/c1-12(2)21-15-9-5-6-13(10-15)16-11-19-17(18)20(16)14-7-3-4-8-14/h5-6,9-10,12,14,16H,3-4,7-8,11H2,1-2H3,(H2,18,19). The average Bonchev–Trinajstić information content (AvgIpc) is 3.07. The quantitative estimate of drug-likeness (QED) is 0.926. The highest BCUT2D eigenvalue weighted by Crippen LogP contribution is 2.35. The Bertz CT molecular complexity index is 521. The zero-order valence-corrected chi connectivity index (χ0v) is 13.0. The maximum Gasteiger partial charge on any atom is 0.192 e. The molecule has 21 heavy (non-hydrogen) atoms. The van der Waals surface area contributed by atoms with Gasteiger partial charge in [-0.3, -0.25) is 4.99 Å². The fourth-order valence-electron chi connectivity index (χ4n) is 3.47. The second kappa shape index (κ2) is 5.96. The number of hydrogen-bond acceptors (Lipinski definition) is 4. The molecule has 1 fully saturated rings. The fourth-order valence-corrected chi connectivity index (χ4v) is 3.47. The minimum Gasteiger partial charge on any atom is -0.491 e. The van der Waals surface area contributed by atoms with E-state index in [-0.39, 0.29) is 12.1 Å². The van der Waals surface area contributed by atoms with Gasteiger partial charge in [0.25, 0.3) is 0 Å². The Balaban J connectivity index is 1.82. The monoisotopic (exact) mass is 287 g/mol. The third-order valence-corrected chi connectivity index (χ3v) is 4.36. The van der Waals surface area contributed by atoms with Crippen molar-refractivity contribution in [2.45, 2.75) is 57.7 Å². The molecule has 2 aliphatic rings. The summed E-state index contributed by atoms with van der Waals surface area (Å²) in [4.78, 5) is 6.82. The number of aliphatic imine (C=N–C) groups is 1. The Labute approximate surface area is 127 Å². The lowest BCUT2D eigenvalue weighted by atomic mass is 10.0. The van der Waals surface area contributed by atoms with Crippen molar-refractivity contribution in [1.29, 1.82) is 0 Å². The average molecular weight is 287 g/mol. The second-order valence-electron chi connectivity index (χ2n) is 6.30. The predicted molar refractivity (Wildman–Crippen MR) is 85.5 cm³/mol. The smallest absolute Gasteiger partial charge is 0.192 e. The first-order chi connectivity index (χ1) is 10.1. The van der Waals surface area contributed by atoms with Gasteiger partial charge in [0.05, 0.1) is 18.7 Å². The number of hydrogen-bond donors (Lipinski definition) is 1. The molecule has 1 aromatic rings. The minimum absolute atomic E-state index is 0.191. The third kappa shape index (κ3) is 2.99. The van der Waals surface area contributed by atoms with Crippen molar-refractivity contribution in [1.82, 2.24) is 4.90 Å². The number of nitrogens with zero attached hydrogens (tertiary/aromatic N) is 2. The lowest BCUT2D eigenvalue weighted by Gasteiger charge is -2.32. The largest absolute Gasteiger partial charge is 0.491 e. The van der Waals surface area contributed by atoms with E-state index >= 15 is 0 Å². The fraction of sp³-hybridized carbons (Fsp3) is 0.588. The molecule has 1 unspecified atom stereocenters. The Morgan fingerprint density at radius 1 is 1.29 bits per heavy atom. The molecule has 1 saturated carbocycles. The third-order valence-electron chi connectivity index (χ3n) is 4.36. The van der Waals surface area contributed by atoms with Crippen molar-refractivity contribution in [2.24, 2.45) is 10.7 Å². The summed E-state index contributed by atoms with van der Waals surface area (Å²) < 4.78 is 5.81. The van der Waals surface area contributed by atoms with E-state index in [0.717, 1.165) is 12.3 Å². The molecule has 1 heterocycles. The Morgan fingerprint density at radius 2 is 2.05 bits per heavy atom. The molecule has 0 saturated heterocycles. The first kappa shape index (κ1) is 14.2. The zero-order chi connectivity index (χ0) is 14.8. The van der Waals surface area contributed by atoms with E-state index in [0.29, 0.717) is 12.0 Å². The van der Waals surface area contributed by atoms with Gasteiger partial charge in [0.1, 0.15) is 5.75 Å². The van der Waals surface area contributed by atoms with E-state index in [4.69, 9.17) is 10.5 Å². The van der Waals surface area contributed by atoms with Crippen molar-refractivity contribution >= 4 is 5.96 Å². The van der Waals surface area contributed by atoms with Crippen LogP contribution in [0.25, 0.3) is 0 Å². The Morgan fingerprint density at radius 3 is 2.76 bits per heavy atom. The number of guanidine groups is 1. The summed E-state index contributed by atoms with van der Waals surface area (Å²) in [6, 6.07) is 9.20. The van der Waals surface area contributed by atoms with E-state index in [1.807, 2.05) is 19.9 Å². The molecular formula is C17H25N3O. The van der Waals surface area contributed by atoms with Gasteiger partial charge >= 0.3 is 0 Å². The molecule has 4 nitrogen and oxygen atoms in total. The van der Waals surface area contributed by atoms with Crippen LogP contribution in [0.4, 0.5) is 0 Å². The zero-order valence-electron chi connectivity index (χ0n) is 13.0. The van der Waals surface area contributed by atoms with Crippen LogP contribution < -0.4 is 10.5 Å². The molecule has 0 bridgehead atoms. The van der Waals surface area contributed by atoms with Crippen LogP contribution in [0.1, 0.15) is 51.1 Å². The summed E-state index contributed by atoms with van der Waals surface area (Å²) in [5.74, 6) is 1.64. The summed E-state index contributed by atoms with van der Waals surface area (Å²) in [5, 5.41) is 0. The number of nitrogens with two attached hydrogens (primary N) is 1. The van der Waals surface area contributed by atoms with Gasteiger partial charge < -0.3 is 15.4 Å². The summed E-state index contributed by atoms with van der Waals surface area (Å²) >= 11 is 0. The maximum atomic E-state index is 6.15. The van der Waals surface area contributed by atoms with Crippen LogP contribution in [0.15, 0.2) is 29.3 Å². The molecular weight excluding hydrogens is 262 g/mol. The summed E-state index contributed by atoms with van der Waals surface area (Å²) in [6.07, 6.45) is 5.26. The lowest BCUT2D eigenvalue weighted by Crippen LogP contribution is -2.42. The number of rotatable bonds is 4. The van der Waals surface area contributed by atoms with Crippen molar-refractivity contribution in [3.8, 4) is 5.75 Å². The van der Waals surface area contributed by atoms with Gasteiger partial charge in [-0.1, -0.05) is 25.0 Å². The van der Waals surface area contributed by atoms with Gasteiger partial charge in [-0.15, -0.1) is 0 Å². The highest BCUT2D eigenvalue weighted by molar-refractivity contribution is 5.80. The number of benzene rings is 1. The van der Waals surface area contributed by atoms with Crippen molar-refractivity contribution in [3.63, 3.8) is 0 Å². The molecule has 3 rings (SSSR count). The van der Waals surface area contributed by atoms with Crippen molar-refractivity contribution in [3.05, 3.63) is 29.8 Å². The highest BCUT2D eigenvalue weighted by Gasteiger charge is 2.34. The molecule has 0 amide bonds. The van der Waals surface area contributed by atoms with Gasteiger partial charge in [-0.25, -0.2) is 0 Å². The molecule has 1 aliphatic carbocycles. The van der Waals surface area contributed by atoms with Crippen LogP contribution in [0, 0.1) is 0 Å². The molecule has 1 atom stereocenters.